The SMILES string of the molecule is NC1CC(O)(CCC2CCCC2)C1. The Morgan fingerprint density at radius 2 is 1.85 bits per heavy atom. The van der Waals surface area contributed by atoms with Crippen molar-refractivity contribution in [2.75, 3.05) is 0 Å². The van der Waals surface area contributed by atoms with E-state index in [4.69, 9.17) is 5.73 Å². The van der Waals surface area contributed by atoms with Gasteiger partial charge in [-0.15, -0.1) is 0 Å². The van der Waals surface area contributed by atoms with Crippen LogP contribution in [0, 0.1) is 5.92 Å². The van der Waals surface area contributed by atoms with Gasteiger partial charge >= 0.3 is 0 Å². The van der Waals surface area contributed by atoms with Crippen LogP contribution in [0.4, 0.5) is 0 Å². The van der Waals surface area contributed by atoms with Crippen LogP contribution >= 0.6 is 0 Å². The first kappa shape index (κ1) is 9.47. The van der Waals surface area contributed by atoms with E-state index in [0.29, 0.717) is 0 Å². The molecule has 0 saturated heterocycles. The summed E-state index contributed by atoms with van der Waals surface area (Å²) >= 11 is 0. The first-order valence-corrected chi connectivity index (χ1v) is 5.66. The van der Waals surface area contributed by atoms with Crippen molar-refractivity contribution in [3.8, 4) is 0 Å². The summed E-state index contributed by atoms with van der Waals surface area (Å²) in [6.45, 7) is 0. The Morgan fingerprint density at radius 3 is 2.38 bits per heavy atom. The molecule has 13 heavy (non-hydrogen) atoms. The molecule has 2 saturated carbocycles. The van der Waals surface area contributed by atoms with E-state index in [1.54, 1.807) is 0 Å². The molecule has 2 rings (SSSR count). The number of aliphatic hydroxyl groups is 1. The molecule has 0 atom stereocenters. The van der Waals surface area contributed by atoms with Crippen LogP contribution in [-0.4, -0.2) is 16.7 Å². The van der Waals surface area contributed by atoms with Crippen LogP contribution in [-0.2, 0) is 0 Å². The molecule has 0 radical (unpaired) electrons. The summed E-state index contributed by atoms with van der Waals surface area (Å²) in [5, 5.41) is 9.96. The van der Waals surface area contributed by atoms with Crippen molar-refractivity contribution >= 4 is 0 Å². The maximum absolute atomic E-state index is 9.96. The van der Waals surface area contributed by atoms with Crippen LogP contribution in [0.15, 0.2) is 0 Å². The van der Waals surface area contributed by atoms with Crippen molar-refractivity contribution < 1.29 is 5.11 Å². The fourth-order valence-electron chi connectivity index (χ4n) is 2.89. The van der Waals surface area contributed by atoms with Gasteiger partial charge in [-0.25, -0.2) is 0 Å². The zero-order valence-electron chi connectivity index (χ0n) is 8.34. The molecule has 0 aromatic heterocycles. The predicted octanol–water partition coefficient (Wildman–Crippen LogP) is 1.81. The first-order chi connectivity index (χ1) is 6.18. The highest BCUT2D eigenvalue weighted by Gasteiger charge is 2.40. The van der Waals surface area contributed by atoms with Gasteiger partial charge in [-0.1, -0.05) is 25.7 Å². The minimum atomic E-state index is -0.373. The quantitative estimate of drug-likeness (QED) is 0.701. The second-order valence-electron chi connectivity index (χ2n) is 5.08. The zero-order chi connectivity index (χ0) is 9.31. The Balaban J connectivity index is 1.67. The summed E-state index contributed by atoms with van der Waals surface area (Å²) in [4.78, 5) is 0. The number of hydrogen-bond donors (Lipinski definition) is 2. The smallest absolute Gasteiger partial charge is 0.0677 e. The Morgan fingerprint density at radius 1 is 1.23 bits per heavy atom. The Kier molecular flexibility index (Phi) is 2.61. The average molecular weight is 183 g/mol. The minimum Gasteiger partial charge on any atom is -0.390 e. The molecule has 0 aromatic carbocycles. The van der Waals surface area contributed by atoms with Crippen molar-refractivity contribution in [2.24, 2.45) is 11.7 Å². The lowest BCUT2D eigenvalue weighted by atomic mass is 9.72. The van der Waals surface area contributed by atoms with Gasteiger partial charge in [-0.2, -0.15) is 0 Å². The van der Waals surface area contributed by atoms with Gasteiger partial charge in [0.1, 0.15) is 0 Å². The third-order valence-electron chi connectivity index (χ3n) is 3.78. The largest absolute Gasteiger partial charge is 0.390 e. The van der Waals surface area contributed by atoms with Crippen molar-refractivity contribution in [3.05, 3.63) is 0 Å². The van der Waals surface area contributed by atoms with E-state index in [1.165, 1.54) is 32.1 Å². The minimum absolute atomic E-state index is 0.272. The molecule has 2 heteroatoms. The van der Waals surface area contributed by atoms with Crippen LogP contribution in [0.1, 0.15) is 51.4 Å². The summed E-state index contributed by atoms with van der Waals surface area (Å²) in [6, 6.07) is 0.272. The number of hydrogen-bond acceptors (Lipinski definition) is 2. The molecule has 0 bridgehead atoms. The lowest BCUT2D eigenvalue weighted by Gasteiger charge is -2.42. The van der Waals surface area contributed by atoms with E-state index in [0.717, 1.165) is 25.2 Å². The van der Waals surface area contributed by atoms with E-state index in [-0.39, 0.29) is 11.6 Å². The fourth-order valence-corrected chi connectivity index (χ4v) is 2.89. The molecular formula is C11H21NO. The van der Waals surface area contributed by atoms with Crippen LogP contribution < -0.4 is 5.73 Å². The number of nitrogens with two attached hydrogens (primary N) is 1. The molecule has 2 aliphatic rings. The summed E-state index contributed by atoms with van der Waals surface area (Å²) in [5.74, 6) is 0.904. The highest BCUT2D eigenvalue weighted by molar-refractivity contribution is 4.96. The third-order valence-corrected chi connectivity index (χ3v) is 3.78. The van der Waals surface area contributed by atoms with Crippen molar-refractivity contribution in [2.45, 2.75) is 63.0 Å². The molecule has 2 nitrogen and oxygen atoms in total. The van der Waals surface area contributed by atoms with Crippen LogP contribution in [0.25, 0.3) is 0 Å². The van der Waals surface area contributed by atoms with Crippen LogP contribution in [0.3, 0.4) is 0 Å². The maximum Gasteiger partial charge on any atom is 0.0677 e. The lowest BCUT2D eigenvalue weighted by Crippen LogP contribution is -2.51. The standard InChI is InChI=1S/C11H21NO/c12-10-7-11(13,8-10)6-5-9-3-1-2-4-9/h9-10,13H,1-8,12H2. The maximum atomic E-state index is 9.96. The van der Waals surface area contributed by atoms with Gasteiger partial charge in [-0.05, 0) is 31.6 Å². The molecule has 0 unspecified atom stereocenters. The third kappa shape index (κ3) is 2.23. The van der Waals surface area contributed by atoms with Gasteiger partial charge in [0.25, 0.3) is 0 Å². The number of rotatable bonds is 3. The molecule has 0 amide bonds. The van der Waals surface area contributed by atoms with E-state index in [9.17, 15) is 5.11 Å². The predicted molar refractivity (Wildman–Crippen MR) is 53.4 cm³/mol. The topological polar surface area (TPSA) is 46.2 Å². The molecular weight excluding hydrogens is 162 g/mol. The Labute approximate surface area is 80.5 Å². The monoisotopic (exact) mass is 183 g/mol. The fraction of sp³-hybridized carbons (Fsp3) is 1.00. The average Bonchev–Trinajstić information content (AvgIpc) is 2.50. The highest BCUT2D eigenvalue weighted by Crippen LogP contribution is 2.38. The molecule has 76 valence electrons. The van der Waals surface area contributed by atoms with E-state index in [1.807, 2.05) is 0 Å². The molecule has 2 aliphatic carbocycles. The van der Waals surface area contributed by atoms with Gasteiger partial charge < -0.3 is 10.8 Å². The molecule has 3 N–H and O–H groups in total. The van der Waals surface area contributed by atoms with E-state index >= 15 is 0 Å². The summed E-state index contributed by atoms with van der Waals surface area (Å²) in [7, 11) is 0. The summed E-state index contributed by atoms with van der Waals surface area (Å²) in [6.07, 6.45) is 9.48. The molecule has 0 heterocycles. The Hall–Kier alpha value is -0.0800. The normalized spacial score (nSPS) is 40.6. The molecule has 0 aromatic rings. The van der Waals surface area contributed by atoms with E-state index < -0.39 is 0 Å². The second kappa shape index (κ2) is 3.58. The molecule has 0 aliphatic heterocycles. The molecule has 0 spiro atoms. The lowest BCUT2D eigenvalue weighted by molar-refractivity contribution is -0.0569. The van der Waals surface area contributed by atoms with Crippen molar-refractivity contribution in [3.63, 3.8) is 0 Å². The Bertz CT molecular complexity index is 169. The van der Waals surface area contributed by atoms with Crippen molar-refractivity contribution in [1.82, 2.24) is 0 Å². The van der Waals surface area contributed by atoms with Gasteiger partial charge in [0.2, 0.25) is 0 Å². The van der Waals surface area contributed by atoms with Gasteiger partial charge in [-0.3, -0.25) is 0 Å². The first-order valence-electron chi connectivity index (χ1n) is 5.66. The van der Waals surface area contributed by atoms with Gasteiger partial charge in [0.15, 0.2) is 0 Å². The van der Waals surface area contributed by atoms with Crippen LogP contribution in [0.2, 0.25) is 0 Å². The van der Waals surface area contributed by atoms with Gasteiger partial charge in [0, 0.05) is 6.04 Å². The van der Waals surface area contributed by atoms with Gasteiger partial charge in [0.05, 0.1) is 5.60 Å². The van der Waals surface area contributed by atoms with Crippen LogP contribution in [0.5, 0.6) is 0 Å². The summed E-state index contributed by atoms with van der Waals surface area (Å²) in [5.41, 5.74) is 5.30. The van der Waals surface area contributed by atoms with E-state index in [2.05, 4.69) is 0 Å². The molecule has 2 fully saturated rings. The zero-order valence-corrected chi connectivity index (χ0v) is 8.34. The van der Waals surface area contributed by atoms with Crippen molar-refractivity contribution in [1.29, 1.82) is 0 Å². The second-order valence-corrected chi connectivity index (χ2v) is 5.08. The summed E-state index contributed by atoms with van der Waals surface area (Å²) < 4.78 is 0. The highest BCUT2D eigenvalue weighted by atomic mass is 16.3.